The molecule has 0 aliphatic carbocycles. The van der Waals surface area contributed by atoms with Crippen molar-refractivity contribution in [3.05, 3.63) is 24.0 Å². The van der Waals surface area contributed by atoms with Gasteiger partial charge in [0.2, 0.25) is 0 Å². The Balaban J connectivity index is 0.00000144. The fourth-order valence-corrected chi connectivity index (χ4v) is 3.85. The van der Waals surface area contributed by atoms with Crippen LogP contribution in [0.25, 0.3) is 11.0 Å². The Morgan fingerprint density at radius 3 is 3.14 bits per heavy atom. The highest BCUT2D eigenvalue weighted by Gasteiger charge is 2.39. The zero-order chi connectivity index (χ0) is 14.3. The fraction of sp³-hybridized carbons (Fsp3) is 0.500. The molecule has 2 saturated heterocycles. The fourth-order valence-electron chi connectivity index (χ4n) is 3.85. The Morgan fingerprint density at radius 2 is 2.33 bits per heavy atom. The molecule has 5 heteroatoms. The molecule has 0 aromatic carbocycles. The van der Waals surface area contributed by atoms with Crippen LogP contribution in [0.2, 0.25) is 0 Å². The molecule has 1 unspecified atom stereocenters. The number of H-pyrrole nitrogens is 1. The Bertz CT molecular complexity index is 711. The lowest BCUT2D eigenvalue weighted by atomic mass is 9.88. The molecule has 0 saturated carbocycles. The molecular weight excluding hydrogens is 262 g/mol. The molecule has 0 amide bonds. The van der Waals surface area contributed by atoms with Crippen LogP contribution in [0.1, 0.15) is 32.7 Å². The van der Waals surface area contributed by atoms with Gasteiger partial charge in [-0.25, -0.2) is 4.98 Å². The van der Waals surface area contributed by atoms with Crippen molar-refractivity contribution < 1.29 is 1.43 Å². The van der Waals surface area contributed by atoms with Crippen molar-refractivity contribution in [1.82, 2.24) is 15.3 Å². The third kappa shape index (κ3) is 1.98. The first-order valence-corrected chi connectivity index (χ1v) is 7.68. The van der Waals surface area contributed by atoms with E-state index >= 15 is 0 Å². The van der Waals surface area contributed by atoms with Gasteiger partial charge in [-0.15, -0.1) is 0 Å². The van der Waals surface area contributed by atoms with E-state index in [-0.39, 0.29) is 6.97 Å². The van der Waals surface area contributed by atoms with Crippen molar-refractivity contribution >= 4 is 16.7 Å². The van der Waals surface area contributed by atoms with Gasteiger partial charge < -0.3 is 15.2 Å². The molecular formula is C16H21N5. The van der Waals surface area contributed by atoms with Crippen molar-refractivity contribution in [2.75, 3.05) is 24.5 Å². The molecule has 0 radical (unpaired) electrons. The summed E-state index contributed by atoms with van der Waals surface area (Å²) in [5.41, 5.74) is 2.91. The predicted octanol–water partition coefficient (Wildman–Crippen LogP) is 2.40. The van der Waals surface area contributed by atoms with Crippen LogP contribution in [0.15, 0.2) is 18.5 Å². The van der Waals surface area contributed by atoms with E-state index in [1.54, 1.807) is 6.20 Å². The van der Waals surface area contributed by atoms with Crippen LogP contribution in [0, 0.1) is 11.3 Å². The summed E-state index contributed by atoms with van der Waals surface area (Å²) in [7, 11) is 0. The molecule has 2 aliphatic heterocycles. The Morgan fingerprint density at radius 1 is 1.38 bits per heavy atom. The Hall–Kier alpha value is -2.06. The number of piperidine rings is 1. The first kappa shape index (κ1) is 12.7. The maximum Gasteiger partial charge on any atom is 0.140 e. The normalized spacial score (nSPS) is 25.6. The molecule has 1 spiro atoms. The summed E-state index contributed by atoms with van der Waals surface area (Å²) in [6.45, 7) is 3.21. The van der Waals surface area contributed by atoms with Crippen molar-refractivity contribution in [3.8, 4) is 6.07 Å². The molecule has 1 atom stereocenters. The van der Waals surface area contributed by atoms with Crippen molar-refractivity contribution in [3.63, 3.8) is 0 Å². The van der Waals surface area contributed by atoms with Gasteiger partial charge in [0.05, 0.1) is 16.6 Å². The van der Waals surface area contributed by atoms with Gasteiger partial charge in [-0.3, -0.25) is 0 Å². The highest BCUT2D eigenvalue weighted by atomic mass is 15.2. The molecule has 2 aromatic heterocycles. The number of nitrogens with one attached hydrogen (secondary N) is 2. The van der Waals surface area contributed by atoms with E-state index in [1.165, 1.54) is 25.7 Å². The predicted molar refractivity (Wildman–Crippen MR) is 84.3 cm³/mol. The molecule has 2 fully saturated rings. The summed E-state index contributed by atoms with van der Waals surface area (Å²) in [4.78, 5) is 9.85. The smallest absolute Gasteiger partial charge is 0.140 e. The third-order valence-electron chi connectivity index (χ3n) is 4.95. The quantitative estimate of drug-likeness (QED) is 0.843. The minimum absolute atomic E-state index is 0. The lowest BCUT2D eigenvalue weighted by molar-refractivity contribution is 0.280. The Labute approximate surface area is 125 Å². The zero-order valence-corrected chi connectivity index (χ0v) is 12.0. The van der Waals surface area contributed by atoms with Crippen LogP contribution in [-0.4, -0.2) is 35.1 Å². The number of aromatic amines is 1. The van der Waals surface area contributed by atoms with E-state index in [0.717, 1.165) is 36.4 Å². The summed E-state index contributed by atoms with van der Waals surface area (Å²) < 4.78 is 0. The number of nitriles is 1. The van der Waals surface area contributed by atoms with Crippen molar-refractivity contribution in [2.24, 2.45) is 0 Å². The molecule has 5 nitrogen and oxygen atoms in total. The van der Waals surface area contributed by atoms with E-state index < -0.39 is 0 Å². The van der Waals surface area contributed by atoms with Crippen LogP contribution in [0.3, 0.4) is 0 Å². The van der Waals surface area contributed by atoms with Gasteiger partial charge in [0.25, 0.3) is 0 Å². The van der Waals surface area contributed by atoms with Crippen LogP contribution in [0.5, 0.6) is 0 Å². The number of nitrogens with zero attached hydrogens (tertiary/aromatic N) is 3. The van der Waals surface area contributed by atoms with Crippen LogP contribution < -0.4 is 10.2 Å². The summed E-state index contributed by atoms with van der Waals surface area (Å²) >= 11 is 0. The molecule has 2 N–H and O–H groups in total. The van der Waals surface area contributed by atoms with Gasteiger partial charge in [-0.05, 0) is 31.9 Å². The van der Waals surface area contributed by atoms with E-state index in [2.05, 4.69) is 26.3 Å². The maximum atomic E-state index is 9.31. The molecule has 21 heavy (non-hydrogen) atoms. The van der Waals surface area contributed by atoms with Crippen LogP contribution in [0.4, 0.5) is 5.69 Å². The minimum atomic E-state index is 0. The average Bonchev–Trinajstić information content (AvgIpc) is 3.12. The zero-order valence-electron chi connectivity index (χ0n) is 12.0. The Kier molecular flexibility index (Phi) is 2.86. The second-order valence-electron chi connectivity index (χ2n) is 6.20. The van der Waals surface area contributed by atoms with Crippen LogP contribution >= 0.6 is 0 Å². The van der Waals surface area contributed by atoms with E-state index in [9.17, 15) is 5.26 Å². The first-order valence-electron chi connectivity index (χ1n) is 7.68. The summed E-state index contributed by atoms with van der Waals surface area (Å²) in [5.74, 6) is 0. The lowest BCUT2D eigenvalue weighted by Crippen LogP contribution is -2.50. The maximum absolute atomic E-state index is 9.31. The largest absolute Gasteiger partial charge is 0.369 e. The molecule has 110 valence electrons. The van der Waals surface area contributed by atoms with Gasteiger partial charge in [0.1, 0.15) is 11.7 Å². The number of fused-ring (bicyclic) bond motifs is 1. The first-order chi connectivity index (χ1) is 10.3. The number of pyridine rings is 1. The molecule has 2 aromatic rings. The number of rotatable bonds is 1. The van der Waals surface area contributed by atoms with E-state index in [1.807, 2.05) is 12.3 Å². The standard InChI is InChI=1S/C16H19N5.H2/c17-9-12-10-19-15-14(12)13(3-7-18-15)21-8-5-16(11-21)4-1-2-6-20-16;/h3,7,10,20H,1-2,4-6,8,11H2,(H,18,19);1H. The number of hydrogen-bond acceptors (Lipinski definition) is 4. The summed E-state index contributed by atoms with van der Waals surface area (Å²) in [6.07, 6.45) is 8.64. The third-order valence-corrected chi connectivity index (χ3v) is 4.95. The minimum Gasteiger partial charge on any atom is -0.369 e. The number of anilines is 1. The van der Waals surface area contributed by atoms with Crippen LogP contribution in [-0.2, 0) is 0 Å². The van der Waals surface area contributed by atoms with Gasteiger partial charge in [0.15, 0.2) is 0 Å². The molecule has 4 rings (SSSR count). The highest BCUT2D eigenvalue weighted by molar-refractivity contribution is 5.95. The van der Waals surface area contributed by atoms with E-state index in [4.69, 9.17) is 0 Å². The van der Waals surface area contributed by atoms with E-state index in [0.29, 0.717) is 5.56 Å². The van der Waals surface area contributed by atoms with Crippen molar-refractivity contribution in [1.29, 1.82) is 5.26 Å². The second kappa shape index (κ2) is 4.74. The van der Waals surface area contributed by atoms with Gasteiger partial charge >= 0.3 is 0 Å². The lowest BCUT2D eigenvalue weighted by Gasteiger charge is -2.35. The molecule has 0 bridgehead atoms. The summed E-state index contributed by atoms with van der Waals surface area (Å²) in [5, 5.41) is 14.0. The molecule has 4 heterocycles. The molecule has 2 aliphatic rings. The SMILES string of the molecule is N#Cc1c[nH]c2nccc(N3CCC4(CCCCN4)C3)c12.[HH]. The summed E-state index contributed by atoms with van der Waals surface area (Å²) in [6, 6.07) is 4.31. The second-order valence-corrected chi connectivity index (χ2v) is 6.20. The number of aromatic nitrogens is 2. The van der Waals surface area contributed by atoms with Gasteiger partial charge in [-0.1, -0.05) is 6.42 Å². The average molecular weight is 283 g/mol. The number of hydrogen-bond donors (Lipinski definition) is 2. The van der Waals surface area contributed by atoms with Gasteiger partial charge in [0, 0.05) is 32.4 Å². The monoisotopic (exact) mass is 283 g/mol. The van der Waals surface area contributed by atoms with Crippen molar-refractivity contribution in [2.45, 2.75) is 31.2 Å². The highest BCUT2D eigenvalue weighted by Crippen LogP contribution is 2.36. The van der Waals surface area contributed by atoms with Gasteiger partial charge in [-0.2, -0.15) is 5.26 Å². The topological polar surface area (TPSA) is 67.7 Å².